The Morgan fingerprint density at radius 3 is 2.44 bits per heavy atom. The minimum Gasteiger partial charge on any atom is -0.497 e. The minimum absolute atomic E-state index is 0.169. The van der Waals surface area contributed by atoms with Gasteiger partial charge in [0.15, 0.2) is 5.78 Å². The van der Waals surface area contributed by atoms with E-state index in [1.807, 2.05) is 48.5 Å². The van der Waals surface area contributed by atoms with Crippen LogP contribution in [-0.4, -0.2) is 22.4 Å². The average Bonchev–Trinajstić information content (AvgIpc) is 3.21. The van der Waals surface area contributed by atoms with Crippen molar-refractivity contribution in [2.75, 3.05) is 12.4 Å². The summed E-state index contributed by atoms with van der Waals surface area (Å²) in [6.45, 7) is 0. The van der Waals surface area contributed by atoms with Gasteiger partial charge in [-0.1, -0.05) is 54.6 Å². The standard InChI is InChI=1S/C27H23N3O2/c1-32-20-13-11-18(12-14-20)26-25-22(15-19(16-24(25)31)17-7-3-2-4-8-17)29-27-28-21-9-5-6-10-23(21)30(26)27/h2-14,19,26H,15-16H2,1H3,(H,28,29)/t19-,26-/m1/s1. The topological polar surface area (TPSA) is 56.1 Å². The van der Waals surface area contributed by atoms with E-state index in [1.165, 1.54) is 5.56 Å². The van der Waals surface area contributed by atoms with Crippen molar-refractivity contribution in [1.29, 1.82) is 0 Å². The van der Waals surface area contributed by atoms with Gasteiger partial charge in [-0.05, 0) is 47.7 Å². The van der Waals surface area contributed by atoms with Gasteiger partial charge in [-0.25, -0.2) is 4.98 Å². The molecule has 1 aromatic heterocycles. The fourth-order valence-corrected chi connectivity index (χ4v) is 5.09. The number of imidazole rings is 1. The first-order chi connectivity index (χ1) is 15.7. The summed E-state index contributed by atoms with van der Waals surface area (Å²) in [5.41, 5.74) is 6.02. The third-order valence-corrected chi connectivity index (χ3v) is 6.60. The van der Waals surface area contributed by atoms with Gasteiger partial charge in [0, 0.05) is 17.7 Å². The monoisotopic (exact) mass is 421 g/mol. The molecule has 5 heteroatoms. The van der Waals surface area contributed by atoms with Gasteiger partial charge in [0.25, 0.3) is 0 Å². The van der Waals surface area contributed by atoms with Gasteiger partial charge in [0.2, 0.25) is 5.95 Å². The van der Waals surface area contributed by atoms with E-state index >= 15 is 0 Å². The molecule has 2 aliphatic rings. The minimum atomic E-state index is -0.219. The van der Waals surface area contributed by atoms with Crippen molar-refractivity contribution in [3.05, 3.63) is 101 Å². The number of hydrogen-bond donors (Lipinski definition) is 1. The molecule has 4 aromatic rings. The van der Waals surface area contributed by atoms with Crippen LogP contribution in [0.1, 0.15) is 35.9 Å². The van der Waals surface area contributed by atoms with Crippen molar-refractivity contribution in [3.63, 3.8) is 0 Å². The molecule has 0 saturated carbocycles. The summed E-state index contributed by atoms with van der Waals surface area (Å²) in [5, 5.41) is 3.53. The maximum absolute atomic E-state index is 13.6. The van der Waals surface area contributed by atoms with Crippen molar-refractivity contribution >= 4 is 22.8 Å². The van der Waals surface area contributed by atoms with Crippen LogP contribution < -0.4 is 10.1 Å². The highest BCUT2D eigenvalue weighted by molar-refractivity contribution is 6.01. The van der Waals surface area contributed by atoms with E-state index in [0.29, 0.717) is 6.42 Å². The predicted octanol–water partition coefficient (Wildman–Crippen LogP) is 5.46. The molecule has 1 aliphatic carbocycles. The molecule has 0 radical (unpaired) electrons. The van der Waals surface area contributed by atoms with Crippen LogP contribution in [0, 0.1) is 0 Å². The van der Waals surface area contributed by atoms with Gasteiger partial charge in [0.05, 0.1) is 24.2 Å². The lowest BCUT2D eigenvalue weighted by Gasteiger charge is -2.36. The number of carbonyl (C=O) groups is 1. The Balaban J connectivity index is 1.52. The quantitative estimate of drug-likeness (QED) is 0.477. The van der Waals surface area contributed by atoms with Crippen LogP contribution >= 0.6 is 0 Å². The zero-order chi connectivity index (χ0) is 21.7. The SMILES string of the molecule is COc1ccc([C@@H]2C3=C(C[C@@H](c4ccccc4)CC3=O)Nc3nc4ccccc4n32)cc1. The van der Waals surface area contributed by atoms with Crippen LogP contribution in [0.15, 0.2) is 90.1 Å². The molecule has 158 valence electrons. The first-order valence-corrected chi connectivity index (χ1v) is 10.9. The Bertz CT molecular complexity index is 1350. The first-order valence-electron chi connectivity index (χ1n) is 10.9. The summed E-state index contributed by atoms with van der Waals surface area (Å²) in [7, 11) is 1.66. The Hall–Kier alpha value is -3.86. The number of nitrogens with one attached hydrogen (secondary N) is 1. The van der Waals surface area contributed by atoms with Gasteiger partial charge >= 0.3 is 0 Å². The Morgan fingerprint density at radius 2 is 1.66 bits per heavy atom. The maximum atomic E-state index is 13.6. The van der Waals surface area contributed by atoms with Crippen molar-refractivity contribution in [2.24, 2.45) is 0 Å². The molecule has 2 atom stereocenters. The van der Waals surface area contributed by atoms with Crippen LogP contribution in [0.4, 0.5) is 5.95 Å². The maximum Gasteiger partial charge on any atom is 0.209 e. The normalized spacial score (nSPS) is 20.0. The predicted molar refractivity (Wildman–Crippen MR) is 125 cm³/mol. The van der Waals surface area contributed by atoms with Gasteiger partial charge in [0.1, 0.15) is 5.75 Å². The third-order valence-electron chi connectivity index (χ3n) is 6.60. The zero-order valence-electron chi connectivity index (χ0n) is 17.8. The number of ether oxygens (including phenoxy) is 1. The highest BCUT2D eigenvalue weighted by Crippen LogP contribution is 2.46. The number of aromatic nitrogens is 2. The number of fused-ring (bicyclic) bond motifs is 3. The molecular weight excluding hydrogens is 398 g/mol. The Morgan fingerprint density at radius 1 is 0.906 bits per heavy atom. The molecule has 0 saturated heterocycles. The second-order valence-corrected chi connectivity index (χ2v) is 8.43. The number of anilines is 1. The molecule has 1 aliphatic heterocycles. The highest BCUT2D eigenvalue weighted by atomic mass is 16.5. The fraction of sp³-hybridized carbons (Fsp3) is 0.185. The van der Waals surface area contributed by atoms with Crippen molar-refractivity contribution < 1.29 is 9.53 Å². The molecule has 0 unspecified atom stereocenters. The van der Waals surface area contributed by atoms with Crippen LogP contribution in [0.25, 0.3) is 11.0 Å². The van der Waals surface area contributed by atoms with E-state index in [-0.39, 0.29) is 17.7 Å². The number of Topliss-reactive ketones (excluding diaryl/α,β-unsaturated/α-hetero) is 1. The number of benzene rings is 3. The summed E-state index contributed by atoms with van der Waals surface area (Å²) < 4.78 is 7.53. The number of nitrogens with zero attached hydrogens (tertiary/aromatic N) is 2. The van der Waals surface area contributed by atoms with E-state index in [2.05, 4.69) is 40.2 Å². The number of rotatable bonds is 3. The summed E-state index contributed by atoms with van der Waals surface area (Å²) in [4.78, 5) is 18.5. The van der Waals surface area contributed by atoms with Gasteiger partial charge in [-0.15, -0.1) is 0 Å². The average molecular weight is 422 g/mol. The molecule has 0 spiro atoms. The summed E-state index contributed by atoms with van der Waals surface area (Å²) in [6, 6.07) is 26.2. The highest BCUT2D eigenvalue weighted by Gasteiger charge is 2.39. The summed E-state index contributed by atoms with van der Waals surface area (Å²) >= 11 is 0. The third kappa shape index (κ3) is 2.93. The lowest BCUT2D eigenvalue weighted by molar-refractivity contribution is -0.116. The summed E-state index contributed by atoms with van der Waals surface area (Å²) in [6.07, 6.45) is 1.31. The number of methoxy groups -OCH3 is 1. The van der Waals surface area contributed by atoms with E-state index < -0.39 is 0 Å². The Kier molecular flexibility index (Phi) is 4.35. The Labute approximate surface area is 186 Å². The molecule has 0 amide bonds. The number of carbonyl (C=O) groups excluding carboxylic acids is 1. The molecule has 2 heterocycles. The van der Waals surface area contributed by atoms with Gasteiger partial charge in [-0.2, -0.15) is 0 Å². The fourth-order valence-electron chi connectivity index (χ4n) is 5.09. The van der Waals surface area contributed by atoms with E-state index in [4.69, 9.17) is 9.72 Å². The molecule has 32 heavy (non-hydrogen) atoms. The van der Waals surface area contributed by atoms with Crippen LogP contribution in [0.2, 0.25) is 0 Å². The number of ketones is 1. The largest absolute Gasteiger partial charge is 0.497 e. The molecular formula is C27H23N3O2. The molecule has 5 nitrogen and oxygen atoms in total. The molecule has 0 bridgehead atoms. The van der Waals surface area contributed by atoms with Crippen LogP contribution in [-0.2, 0) is 4.79 Å². The van der Waals surface area contributed by atoms with Crippen LogP contribution in [0.3, 0.4) is 0 Å². The van der Waals surface area contributed by atoms with E-state index in [1.54, 1.807) is 7.11 Å². The van der Waals surface area contributed by atoms with Crippen molar-refractivity contribution in [3.8, 4) is 5.75 Å². The summed E-state index contributed by atoms with van der Waals surface area (Å²) in [5.74, 6) is 1.94. The molecule has 6 rings (SSSR count). The molecule has 0 fully saturated rings. The second kappa shape index (κ2) is 7.38. The molecule has 3 aromatic carbocycles. The van der Waals surface area contributed by atoms with Gasteiger partial charge < -0.3 is 10.1 Å². The molecule has 1 N–H and O–H groups in total. The van der Waals surface area contributed by atoms with Gasteiger partial charge in [-0.3, -0.25) is 9.36 Å². The van der Waals surface area contributed by atoms with E-state index in [0.717, 1.165) is 46.0 Å². The number of para-hydroxylation sites is 2. The number of allylic oxidation sites excluding steroid dienone is 2. The van der Waals surface area contributed by atoms with E-state index in [9.17, 15) is 4.79 Å². The van der Waals surface area contributed by atoms with Crippen molar-refractivity contribution in [1.82, 2.24) is 9.55 Å². The zero-order valence-corrected chi connectivity index (χ0v) is 17.8. The first kappa shape index (κ1) is 18.9. The number of hydrogen-bond acceptors (Lipinski definition) is 4. The lowest BCUT2D eigenvalue weighted by Crippen LogP contribution is -2.33. The van der Waals surface area contributed by atoms with Crippen molar-refractivity contribution in [2.45, 2.75) is 24.8 Å². The lowest BCUT2D eigenvalue weighted by atomic mass is 9.77. The van der Waals surface area contributed by atoms with Crippen LogP contribution in [0.5, 0.6) is 5.75 Å². The smallest absolute Gasteiger partial charge is 0.209 e. The second-order valence-electron chi connectivity index (χ2n) is 8.43.